The molecular weight excluding hydrogens is 973 g/mol. The summed E-state index contributed by atoms with van der Waals surface area (Å²) >= 11 is 0. The molecule has 0 bridgehead atoms. The van der Waals surface area contributed by atoms with Gasteiger partial charge >= 0.3 is 23.9 Å². The van der Waals surface area contributed by atoms with Crippen LogP contribution < -0.4 is 0 Å². The summed E-state index contributed by atoms with van der Waals surface area (Å²) in [5.74, 6) is -3.25. The number of carbonyl (C=O) groups excluding carboxylic acids is 3. The first-order valence-electron chi connectivity index (χ1n) is 30.2. The van der Waals surface area contributed by atoms with Gasteiger partial charge in [-0.2, -0.15) is 0 Å². The van der Waals surface area contributed by atoms with Crippen LogP contribution in [0.5, 0.6) is 0 Å². The predicted molar refractivity (Wildman–Crippen MR) is 312 cm³/mol. The van der Waals surface area contributed by atoms with Crippen LogP contribution in [0.25, 0.3) is 0 Å². The largest absolute Gasteiger partial charge is 0.479 e. The van der Waals surface area contributed by atoms with Gasteiger partial charge in [-0.1, -0.05) is 214 Å². The van der Waals surface area contributed by atoms with Crippen LogP contribution in [0.15, 0.2) is 97.2 Å². The van der Waals surface area contributed by atoms with Crippen LogP contribution >= 0.6 is 0 Å². The molecular formula is C65H106O12. The summed E-state index contributed by atoms with van der Waals surface area (Å²) < 4.78 is 28.3. The highest BCUT2D eigenvalue weighted by Crippen LogP contribution is 2.26. The first kappa shape index (κ1) is 70.7. The molecule has 1 fully saturated rings. The van der Waals surface area contributed by atoms with E-state index in [9.17, 15) is 34.5 Å². The van der Waals surface area contributed by atoms with Gasteiger partial charge in [0.05, 0.1) is 6.61 Å². The van der Waals surface area contributed by atoms with Crippen molar-refractivity contribution in [3.63, 3.8) is 0 Å². The zero-order chi connectivity index (χ0) is 56.1. The van der Waals surface area contributed by atoms with Crippen LogP contribution in [0.1, 0.15) is 239 Å². The Morgan fingerprint density at radius 1 is 0.442 bits per heavy atom. The Morgan fingerprint density at radius 3 is 1.34 bits per heavy atom. The smallest absolute Gasteiger partial charge is 0.335 e. The fraction of sp³-hybridized carbons (Fsp3) is 0.692. The minimum absolute atomic E-state index is 0.0693. The standard InChI is InChI=1S/C65H106O12/c1-4-7-10-13-16-19-22-24-26-28-29-31-33-35-38-41-44-47-50-53-59(68)76-63-61(70)60(69)62(64(71)72)77-65(63)74-55-56(75-58(67)52-49-46-43-40-36-21-18-15-12-9-6-3)54-73-57(66)51-48-45-42-39-37-34-32-30-27-25-23-20-17-14-11-8-5-2/h7,10,15-16,18-19,24-27,29,31,35,38,44,47,56,60-63,65,69-70H,4-6,8-9,11-14,17,20-23,28,30,32-34,36-37,39-43,45-46,48-55H2,1-3H3,(H,71,72)/b10-7-,18-15-,19-16-,26-24-,27-25-,31-29-,38-35-,47-44-. The molecule has 0 aliphatic carbocycles. The van der Waals surface area contributed by atoms with E-state index in [-0.39, 0.29) is 25.9 Å². The molecule has 1 aliphatic heterocycles. The lowest BCUT2D eigenvalue weighted by molar-refractivity contribution is -0.301. The van der Waals surface area contributed by atoms with Crippen LogP contribution in [0.4, 0.5) is 0 Å². The highest BCUT2D eigenvalue weighted by Gasteiger charge is 2.50. The molecule has 0 aromatic carbocycles. The highest BCUT2D eigenvalue weighted by molar-refractivity contribution is 5.74. The van der Waals surface area contributed by atoms with Crippen molar-refractivity contribution in [2.75, 3.05) is 13.2 Å². The number of esters is 3. The molecule has 77 heavy (non-hydrogen) atoms. The number of aliphatic hydroxyl groups is 2. The molecule has 0 aromatic heterocycles. The Kier molecular flexibility index (Phi) is 48.0. The van der Waals surface area contributed by atoms with Gasteiger partial charge in [0.2, 0.25) is 0 Å². The Morgan fingerprint density at radius 2 is 0.857 bits per heavy atom. The van der Waals surface area contributed by atoms with Crippen molar-refractivity contribution in [2.45, 2.75) is 276 Å². The molecule has 1 rings (SSSR count). The normalized spacial score (nSPS) is 18.7. The van der Waals surface area contributed by atoms with Crippen molar-refractivity contribution in [2.24, 2.45) is 0 Å². The van der Waals surface area contributed by atoms with Gasteiger partial charge < -0.3 is 39.0 Å². The maximum atomic E-state index is 13.1. The van der Waals surface area contributed by atoms with Crippen LogP contribution in [0.3, 0.4) is 0 Å². The lowest BCUT2D eigenvalue weighted by Crippen LogP contribution is -2.61. The second-order valence-corrected chi connectivity index (χ2v) is 20.2. The van der Waals surface area contributed by atoms with Crippen molar-refractivity contribution in [3.05, 3.63) is 97.2 Å². The van der Waals surface area contributed by atoms with Crippen molar-refractivity contribution >= 4 is 23.9 Å². The maximum Gasteiger partial charge on any atom is 0.335 e. The average molecular weight is 1080 g/mol. The number of aliphatic carboxylic acids is 1. The second kappa shape index (κ2) is 52.3. The molecule has 6 atom stereocenters. The fourth-order valence-corrected chi connectivity index (χ4v) is 8.49. The zero-order valence-electron chi connectivity index (χ0n) is 48.2. The number of carboxylic acids is 1. The molecule has 0 aromatic rings. The molecule has 0 amide bonds. The summed E-state index contributed by atoms with van der Waals surface area (Å²) in [4.78, 5) is 51.1. The molecule has 0 spiro atoms. The van der Waals surface area contributed by atoms with Crippen LogP contribution in [0.2, 0.25) is 0 Å². The van der Waals surface area contributed by atoms with E-state index in [1.165, 1.54) is 70.6 Å². The van der Waals surface area contributed by atoms with Gasteiger partial charge in [0, 0.05) is 19.3 Å². The third kappa shape index (κ3) is 42.3. The summed E-state index contributed by atoms with van der Waals surface area (Å²) in [7, 11) is 0. The van der Waals surface area contributed by atoms with E-state index in [0.717, 1.165) is 103 Å². The molecule has 438 valence electrons. The van der Waals surface area contributed by atoms with Crippen LogP contribution in [-0.2, 0) is 42.9 Å². The average Bonchev–Trinajstić information content (AvgIpc) is 3.42. The highest BCUT2D eigenvalue weighted by atomic mass is 16.7. The predicted octanol–water partition coefficient (Wildman–Crippen LogP) is 15.7. The van der Waals surface area contributed by atoms with Gasteiger partial charge in [-0.05, 0) is 103 Å². The molecule has 1 heterocycles. The summed E-state index contributed by atoms with van der Waals surface area (Å²) in [6.07, 6.45) is 56.8. The Balaban J connectivity index is 2.71. The summed E-state index contributed by atoms with van der Waals surface area (Å²) in [6, 6.07) is 0. The number of hydrogen-bond acceptors (Lipinski definition) is 11. The van der Waals surface area contributed by atoms with Crippen LogP contribution in [-0.4, -0.2) is 89.2 Å². The molecule has 3 N–H and O–H groups in total. The number of allylic oxidation sites excluding steroid dienone is 16. The SMILES string of the molecule is CC/C=C\C/C=C\C/C=C\C/C=C\C/C=C\C/C=C\CCC(=O)OC1C(OCC(COC(=O)CCCCCCCCC/C=C\CCCCCCCC)OC(=O)CCCCCCC/C=C\CCCC)OC(C(=O)O)C(O)C1O. The van der Waals surface area contributed by atoms with E-state index in [1.54, 1.807) is 0 Å². The summed E-state index contributed by atoms with van der Waals surface area (Å²) in [5.41, 5.74) is 0. The van der Waals surface area contributed by atoms with Crippen LogP contribution in [0, 0.1) is 0 Å². The first-order chi connectivity index (χ1) is 37.6. The molecule has 12 heteroatoms. The number of carbonyl (C=O) groups is 4. The third-order valence-corrected chi connectivity index (χ3v) is 13.1. The van der Waals surface area contributed by atoms with Gasteiger partial charge in [0.1, 0.15) is 18.8 Å². The first-order valence-corrected chi connectivity index (χ1v) is 30.2. The number of rotatable bonds is 50. The van der Waals surface area contributed by atoms with E-state index >= 15 is 0 Å². The quantitative estimate of drug-likeness (QED) is 0.0228. The zero-order valence-corrected chi connectivity index (χ0v) is 48.2. The second-order valence-electron chi connectivity index (χ2n) is 20.2. The third-order valence-electron chi connectivity index (χ3n) is 13.1. The molecule has 6 unspecified atom stereocenters. The molecule has 1 aliphatic rings. The van der Waals surface area contributed by atoms with E-state index in [0.29, 0.717) is 25.7 Å². The monoisotopic (exact) mass is 1080 g/mol. The lowest BCUT2D eigenvalue weighted by Gasteiger charge is -2.40. The minimum Gasteiger partial charge on any atom is -0.479 e. The van der Waals surface area contributed by atoms with Gasteiger partial charge in [-0.3, -0.25) is 14.4 Å². The molecule has 0 radical (unpaired) electrons. The summed E-state index contributed by atoms with van der Waals surface area (Å²) in [6.45, 7) is 5.79. The van der Waals surface area contributed by atoms with Gasteiger partial charge in [0.25, 0.3) is 0 Å². The summed E-state index contributed by atoms with van der Waals surface area (Å²) in [5, 5.41) is 31.5. The van der Waals surface area contributed by atoms with E-state index < -0.39 is 67.3 Å². The van der Waals surface area contributed by atoms with E-state index in [2.05, 4.69) is 99.8 Å². The van der Waals surface area contributed by atoms with E-state index in [4.69, 9.17) is 23.7 Å². The Labute approximate surface area is 466 Å². The number of aliphatic hydroxyl groups excluding tert-OH is 2. The fourth-order valence-electron chi connectivity index (χ4n) is 8.49. The molecule has 1 saturated heterocycles. The Bertz CT molecular complexity index is 1710. The maximum absolute atomic E-state index is 13.1. The van der Waals surface area contributed by atoms with Gasteiger partial charge in [-0.25, -0.2) is 4.79 Å². The van der Waals surface area contributed by atoms with Crippen molar-refractivity contribution < 1.29 is 58.2 Å². The van der Waals surface area contributed by atoms with Gasteiger partial charge in [0.15, 0.2) is 24.6 Å². The Hall–Kier alpha value is -4.36. The van der Waals surface area contributed by atoms with Gasteiger partial charge in [-0.15, -0.1) is 0 Å². The van der Waals surface area contributed by atoms with Crippen molar-refractivity contribution in [1.82, 2.24) is 0 Å². The number of hydrogen-bond donors (Lipinski definition) is 3. The van der Waals surface area contributed by atoms with Crippen molar-refractivity contribution in [3.8, 4) is 0 Å². The topological polar surface area (TPSA) is 175 Å². The number of unbranched alkanes of at least 4 members (excludes halogenated alkanes) is 20. The number of carboxylic acid groups (broad SMARTS) is 1. The molecule has 0 saturated carbocycles. The lowest BCUT2D eigenvalue weighted by atomic mass is 9.98. The minimum atomic E-state index is -1.93. The van der Waals surface area contributed by atoms with Crippen molar-refractivity contribution in [1.29, 1.82) is 0 Å². The number of ether oxygens (including phenoxy) is 5. The van der Waals surface area contributed by atoms with E-state index in [1.807, 2.05) is 18.2 Å². The molecule has 12 nitrogen and oxygen atoms in total.